The van der Waals surface area contributed by atoms with Gasteiger partial charge in [-0.3, -0.25) is 10.1 Å². The average molecular weight is 313 g/mol. The molecule has 1 aromatic carbocycles. The number of hydrogen-bond donors (Lipinski definition) is 2. The Labute approximate surface area is 131 Å². The predicted molar refractivity (Wildman–Crippen MR) is 84.8 cm³/mol. The smallest absolute Gasteiger partial charge is 0.230 e. The number of halogens is 1. The first-order valence-electron chi connectivity index (χ1n) is 7.08. The lowest BCUT2D eigenvalue weighted by Crippen LogP contribution is -2.15. The Morgan fingerprint density at radius 1 is 1.32 bits per heavy atom. The van der Waals surface area contributed by atoms with E-state index in [1.54, 1.807) is 6.07 Å². The maximum atomic E-state index is 12.3. The number of carbonyl (C=O) groups is 1. The summed E-state index contributed by atoms with van der Waals surface area (Å²) >= 11 is 5.88. The number of anilines is 1. The van der Waals surface area contributed by atoms with Crippen LogP contribution in [0, 0.1) is 5.92 Å². The van der Waals surface area contributed by atoms with Gasteiger partial charge in [-0.05, 0) is 24.0 Å². The Balaban J connectivity index is 1.48. The largest absolute Gasteiger partial charge is 0.322 e. The van der Waals surface area contributed by atoms with E-state index in [-0.39, 0.29) is 11.8 Å². The minimum absolute atomic E-state index is 0.00663. The number of pyridine rings is 1. The number of benzene rings is 1. The summed E-state index contributed by atoms with van der Waals surface area (Å²) < 4.78 is 0. The van der Waals surface area contributed by atoms with Crippen molar-refractivity contribution in [3.05, 3.63) is 53.2 Å². The van der Waals surface area contributed by atoms with Crippen LogP contribution in [0.1, 0.15) is 17.9 Å². The summed E-state index contributed by atoms with van der Waals surface area (Å²) in [5.41, 5.74) is 2.45. The van der Waals surface area contributed by atoms with Crippen LogP contribution in [0.15, 0.2) is 42.6 Å². The molecule has 22 heavy (non-hydrogen) atoms. The van der Waals surface area contributed by atoms with Gasteiger partial charge in [0.05, 0.1) is 10.5 Å². The number of imidazole rings is 1. The SMILES string of the molecule is O=C(Nc1nc2ncc(Cl)cc2[nH]1)[C@@H]1C[C@H]1c1ccccc1. The monoisotopic (exact) mass is 312 g/mol. The van der Waals surface area contributed by atoms with Gasteiger partial charge in [-0.25, -0.2) is 4.98 Å². The lowest BCUT2D eigenvalue weighted by Gasteiger charge is -2.01. The molecule has 0 bridgehead atoms. The van der Waals surface area contributed by atoms with Gasteiger partial charge in [-0.2, -0.15) is 4.98 Å². The molecule has 110 valence electrons. The molecule has 0 saturated heterocycles. The van der Waals surface area contributed by atoms with Crippen molar-refractivity contribution in [3.8, 4) is 0 Å². The van der Waals surface area contributed by atoms with E-state index in [1.165, 1.54) is 11.8 Å². The molecule has 1 saturated carbocycles. The van der Waals surface area contributed by atoms with Crippen LogP contribution in [0.5, 0.6) is 0 Å². The van der Waals surface area contributed by atoms with Crippen LogP contribution in [-0.4, -0.2) is 20.9 Å². The van der Waals surface area contributed by atoms with Crippen LogP contribution in [-0.2, 0) is 4.79 Å². The molecule has 1 aliphatic rings. The molecule has 1 amide bonds. The first-order valence-corrected chi connectivity index (χ1v) is 7.45. The van der Waals surface area contributed by atoms with Gasteiger partial charge in [0.25, 0.3) is 0 Å². The van der Waals surface area contributed by atoms with E-state index in [9.17, 15) is 4.79 Å². The van der Waals surface area contributed by atoms with Crippen LogP contribution >= 0.6 is 11.6 Å². The van der Waals surface area contributed by atoms with E-state index >= 15 is 0 Å². The van der Waals surface area contributed by atoms with E-state index in [0.29, 0.717) is 28.1 Å². The molecule has 5 nitrogen and oxygen atoms in total. The Hall–Kier alpha value is -2.40. The highest BCUT2D eigenvalue weighted by Gasteiger charge is 2.44. The van der Waals surface area contributed by atoms with Crippen molar-refractivity contribution in [2.45, 2.75) is 12.3 Å². The first kappa shape index (κ1) is 13.3. The van der Waals surface area contributed by atoms with Crippen LogP contribution in [0.2, 0.25) is 5.02 Å². The molecule has 0 spiro atoms. The molecular formula is C16H13ClN4O. The lowest BCUT2D eigenvalue weighted by atomic mass is 10.1. The number of H-pyrrole nitrogens is 1. The number of aromatic amines is 1. The molecule has 0 unspecified atom stereocenters. The molecule has 2 heterocycles. The van der Waals surface area contributed by atoms with Gasteiger partial charge < -0.3 is 4.98 Å². The Kier molecular flexibility index (Phi) is 3.08. The highest BCUT2D eigenvalue weighted by atomic mass is 35.5. The lowest BCUT2D eigenvalue weighted by molar-refractivity contribution is -0.117. The normalized spacial score (nSPS) is 20.0. The molecule has 4 rings (SSSR count). The molecule has 1 fully saturated rings. The summed E-state index contributed by atoms with van der Waals surface area (Å²) in [6, 6.07) is 11.8. The van der Waals surface area contributed by atoms with Crippen molar-refractivity contribution < 1.29 is 4.79 Å². The van der Waals surface area contributed by atoms with E-state index in [2.05, 4.69) is 32.4 Å². The topological polar surface area (TPSA) is 70.7 Å². The van der Waals surface area contributed by atoms with Crippen LogP contribution in [0.25, 0.3) is 11.2 Å². The summed E-state index contributed by atoms with van der Waals surface area (Å²) in [5.74, 6) is 0.706. The Bertz CT molecular complexity index is 846. The van der Waals surface area contributed by atoms with Gasteiger partial charge in [0, 0.05) is 12.1 Å². The van der Waals surface area contributed by atoms with Crippen molar-refractivity contribution in [1.82, 2.24) is 15.0 Å². The molecule has 6 heteroatoms. The molecule has 0 radical (unpaired) electrons. The van der Waals surface area contributed by atoms with Gasteiger partial charge in [-0.15, -0.1) is 0 Å². The standard InChI is InChI=1S/C16H13ClN4O/c17-10-6-13-14(18-8-10)20-16(19-13)21-15(22)12-7-11(12)9-4-2-1-3-5-9/h1-6,8,11-12H,7H2,(H2,18,19,20,21,22)/t11-,12+/m0/s1. The van der Waals surface area contributed by atoms with Crippen molar-refractivity contribution in [2.75, 3.05) is 5.32 Å². The fourth-order valence-electron chi connectivity index (χ4n) is 2.70. The van der Waals surface area contributed by atoms with Gasteiger partial charge in [0.1, 0.15) is 0 Å². The van der Waals surface area contributed by atoms with Crippen LogP contribution < -0.4 is 5.32 Å². The zero-order chi connectivity index (χ0) is 15.1. The van der Waals surface area contributed by atoms with Crippen LogP contribution in [0.3, 0.4) is 0 Å². The second kappa shape index (κ2) is 5.10. The van der Waals surface area contributed by atoms with Crippen molar-refractivity contribution in [1.29, 1.82) is 0 Å². The first-order chi connectivity index (χ1) is 10.7. The third-order valence-electron chi connectivity index (χ3n) is 3.90. The number of amides is 1. The third kappa shape index (κ3) is 2.44. The molecule has 2 atom stereocenters. The van der Waals surface area contributed by atoms with Gasteiger partial charge >= 0.3 is 0 Å². The number of aromatic nitrogens is 3. The molecule has 1 aliphatic carbocycles. The summed E-state index contributed by atoms with van der Waals surface area (Å²) in [6.45, 7) is 0. The fourth-order valence-corrected chi connectivity index (χ4v) is 2.85. The van der Waals surface area contributed by atoms with E-state index in [1.807, 2.05) is 18.2 Å². The zero-order valence-corrected chi connectivity index (χ0v) is 12.3. The second-order valence-corrected chi connectivity index (χ2v) is 5.90. The maximum Gasteiger partial charge on any atom is 0.230 e. The number of rotatable bonds is 3. The molecule has 2 N–H and O–H groups in total. The quantitative estimate of drug-likeness (QED) is 0.779. The van der Waals surface area contributed by atoms with Gasteiger partial charge in [0.15, 0.2) is 5.65 Å². The van der Waals surface area contributed by atoms with Crippen LogP contribution in [0.4, 0.5) is 5.95 Å². The van der Waals surface area contributed by atoms with Gasteiger partial charge in [0.2, 0.25) is 11.9 Å². The number of nitrogens with zero attached hydrogens (tertiary/aromatic N) is 2. The summed E-state index contributed by atoms with van der Waals surface area (Å²) in [6.07, 6.45) is 2.41. The number of hydrogen-bond acceptors (Lipinski definition) is 3. The highest BCUT2D eigenvalue weighted by molar-refractivity contribution is 6.31. The van der Waals surface area contributed by atoms with Crippen molar-refractivity contribution in [2.24, 2.45) is 5.92 Å². The summed E-state index contributed by atoms with van der Waals surface area (Å²) in [7, 11) is 0. The predicted octanol–water partition coefficient (Wildman–Crippen LogP) is 3.35. The third-order valence-corrected chi connectivity index (χ3v) is 4.11. The van der Waals surface area contributed by atoms with Crippen molar-refractivity contribution in [3.63, 3.8) is 0 Å². The number of fused-ring (bicyclic) bond motifs is 1. The van der Waals surface area contributed by atoms with Gasteiger partial charge in [-0.1, -0.05) is 41.9 Å². The Morgan fingerprint density at radius 2 is 2.14 bits per heavy atom. The molecule has 2 aromatic heterocycles. The van der Waals surface area contributed by atoms with E-state index in [4.69, 9.17) is 11.6 Å². The molecular weight excluding hydrogens is 300 g/mol. The average Bonchev–Trinajstić information content (AvgIpc) is 3.23. The molecule has 3 aromatic rings. The number of carbonyl (C=O) groups excluding carboxylic acids is 1. The summed E-state index contributed by atoms with van der Waals surface area (Å²) in [4.78, 5) is 23.6. The fraction of sp³-hybridized carbons (Fsp3) is 0.188. The second-order valence-electron chi connectivity index (χ2n) is 5.46. The zero-order valence-electron chi connectivity index (χ0n) is 11.6. The Morgan fingerprint density at radius 3 is 2.95 bits per heavy atom. The minimum atomic E-state index is -0.0148. The van der Waals surface area contributed by atoms with Crippen molar-refractivity contribution >= 4 is 34.6 Å². The summed E-state index contributed by atoms with van der Waals surface area (Å²) in [5, 5.41) is 3.35. The van der Waals surface area contributed by atoms with E-state index in [0.717, 1.165) is 6.42 Å². The maximum absolute atomic E-state index is 12.3. The number of nitrogens with one attached hydrogen (secondary N) is 2. The molecule has 0 aliphatic heterocycles. The van der Waals surface area contributed by atoms with E-state index < -0.39 is 0 Å². The minimum Gasteiger partial charge on any atom is -0.322 e. The highest BCUT2D eigenvalue weighted by Crippen LogP contribution is 2.47.